The molecule has 1 atom stereocenters. The molecule has 0 fully saturated rings. The number of carbonyl (C=O) groups is 1. The maximum atomic E-state index is 12.5. The number of aryl methyl sites for hydroxylation is 1. The quantitative estimate of drug-likeness (QED) is 0.708. The third kappa shape index (κ3) is 3.51. The average Bonchev–Trinajstić information content (AvgIpc) is 3.02. The lowest BCUT2D eigenvalue weighted by molar-refractivity contribution is 0.0945. The molecule has 7 heteroatoms. The van der Waals surface area contributed by atoms with Crippen LogP contribution in [-0.4, -0.2) is 21.1 Å². The SMILES string of the molecule is CCCC(C)c1cc(C)c(C(=O)NCc2[nH]nc3ncccc23)c(=O)o1. The standard InChI is InChI=1S/C19H22N4O3/c1-4-6-11(2)15-9-12(3)16(19(25)26-15)18(24)21-10-14-13-7-5-8-20-17(13)23-22-14/h5,7-9,11H,4,6,10H2,1-3H3,(H,21,24)(H,20,22,23). The number of aromatic amines is 1. The summed E-state index contributed by atoms with van der Waals surface area (Å²) in [5.41, 5.74) is 1.38. The minimum Gasteiger partial charge on any atom is -0.427 e. The summed E-state index contributed by atoms with van der Waals surface area (Å²) in [6.45, 7) is 6.06. The number of H-pyrrole nitrogens is 1. The fourth-order valence-electron chi connectivity index (χ4n) is 3.02. The Morgan fingerprint density at radius 1 is 1.42 bits per heavy atom. The van der Waals surface area contributed by atoms with Crippen molar-refractivity contribution in [2.24, 2.45) is 0 Å². The number of carbonyl (C=O) groups excluding carboxylic acids is 1. The molecule has 0 radical (unpaired) electrons. The van der Waals surface area contributed by atoms with Crippen LogP contribution >= 0.6 is 0 Å². The van der Waals surface area contributed by atoms with Gasteiger partial charge in [0.15, 0.2) is 5.65 Å². The monoisotopic (exact) mass is 354 g/mol. The molecule has 0 saturated carbocycles. The second-order valence-corrected chi connectivity index (χ2v) is 6.44. The van der Waals surface area contributed by atoms with E-state index in [1.165, 1.54) is 0 Å². The highest BCUT2D eigenvalue weighted by molar-refractivity contribution is 5.95. The number of hydrogen-bond acceptors (Lipinski definition) is 5. The molecule has 0 aliphatic heterocycles. The number of hydrogen-bond donors (Lipinski definition) is 2. The van der Waals surface area contributed by atoms with E-state index >= 15 is 0 Å². The Morgan fingerprint density at radius 2 is 2.23 bits per heavy atom. The van der Waals surface area contributed by atoms with Gasteiger partial charge in [-0.2, -0.15) is 5.10 Å². The van der Waals surface area contributed by atoms with E-state index in [9.17, 15) is 9.59 Å². The Morgan fingerprint density at radius 3 is 2.96 bits per heavy atom. The van der Waals surface area contributed by atoms with Crippen LogP contribution in [0.2, 0.25) is 0 Å². The van der Waals surface area contributed by atoms with E-state index < -0.39 is 11.5 Å². The molecule has 0 saturated heterocycles. The third-order valence-corrected chi connectivity index (χ3v) is 4.44. The van der Waals surface area contributed by atoms with Crippen molar-refractivity contribution in [1.29, 1.82) is 0 Å². The Bertz CT molecular complexity index is 990. The van der Waals surface area contributed by atoms with Gasteiger partial charge in [0.25, 0.3) is 5.91 Å². The summed E-state index contributed by atoms with van der Waals surface area (Å²) in [7, 11) is 0. The lowest BCUT2D eigenvalue weighted by atomic mass is 10.0. The molecule has 136 valence electrons. The molecular formula is C19H22N4O3. The van der Waals surface area contributed by atoms with E-state index in [1.807, 2.05) is 13.0 Å². The van der Waals surface area contributed by atoms with Crippen LogP contribution in [0.25, 0.3) is 11.0 Å². The summed E-state index contributed by atoms with van der Waals surface area (Å²) in [4.78, 5) is 29.0. The van der Waals surface area contributed by atoms with Gasteiger partial charge >= 0.3 is 5.63 Å². The molecule has 3 rings (SSSR count). The second kappa shape index (κ2) is 7.51. The van der Waals surface area contributed by atoms with Gasteiger partial charge in [-0.25, -0.2) is 9.78 Å². The normalized spacial score (nSPS) is 12.3. The van der Waals surface area contributed by atoms with Gasteiger partial charge in [-0.3, -0.25) is 9.89 Å². The van der Waals surface area contributed by atoms with Gasteiger partial charge in [0.1, 0.15) is 11.3 Å². The van der Waals surface area contributed by atoms with Crippen LogP contribution in [0.4, 0.5) is 0 Å². The zero-order valence-electron chi connectivity index (χ0n) is 15.1. The van der Waals surface area contributed by atoms with Gasteiger partial charge in [0.2, 0.25) is 0 Å². The molecule has 0 spiro atoms. The van der Waals surface area contributed by atoms with Crippen LogP contribution in [0.1, 0.15) is 60.0 Å². The minimum atomic E-state index is -0.600. The van der Waals surface area contributed by atoms with E-state index in [0.29, 0.717) is 17.0 Å². The van der Waals surface area contributed by atoms with Crippen molar-refractivity contribution < 1.29 is 9.21 Å². The Labute approximate surface area is 150 Å². The lowest BCUT2D eigenvalue weighted by Gasteiger charge is -2.11. The molecule has 0 bridgehead atoms. The molecule has 3 heterocycles. The van der Waals surface area contributed by atoms with E-state index in [2.05, 4.69) is 27.4 Å². The predicted octanol–water partition coefficient (Wildman–Crippen LogP) is 3.05. The van der Waals surface area contributed by atoms with Crippen molar-refractivity contribution in [3.05, 3.63) is 57.4 Å². The Hall–Kier alpha value is -2.96. The summed E-state index contributed by atoms with van der Waals surface area (Å²) in [6, 6.07) is 5.46. The summed E-state index contributed by atoms with van der Waals surface area (Å²) in [5, 5.41) is 10.5. The molecule has 0 aliphatic carbocycles. The number of nitrogens with one attached hydrogen (secondary N) is 2. The largest absolute Gasteiger partial charge is 0.427 e. The van der Waals surface area contributed by atoms with Crippen LogP contribution in [0.15, 0.2) is 33.6 Å². The minimum absolute atomic E-state index is 0.0411. The topological polar surface area (TPSA) is 101 Å². The summed E-state index contributed by atoms with van der Waals surface area (Å²) in [6.07, 6.45) is 3.58. The Kier molecular flexibility index (Phi) is 5.16. The van der Waals surface area contributed by atoms with Crippen molar-refractivity contribution >= 4 is 16.9 Å². The van der Waals surface area contributed by atoms with Gasteiger partial charge in [0.05, 0.1) is 12.2 Å². The maximum absolute atomic E-state index is 12.5. The van der Waals surface area contributed by atoms with Gasteiger partial charge in [-0.05, 0) is 37.1 Å². The van der Waals surface area contributed by atoms with Gasteiger partial charge in [-0.15, -0.1) is 0 Å². The molecule has 0 aromatic carbocycles. The van der Waals surface area contributed by atoms with Crippen LogP contribution in [0, 0.1) is 6.92 Å². The summed E-state index contributed by atoms with van der Waals surface area (Å²) in [5.74, 6) is 0.307. The first-order valence-corrected chi connectivity index (χ1v) is 8.72. The number of aromatic nitrogens is 3. The first-order chi connectivity index (χ1) is 12.5. The molecule has 1 unspecified atom stereocenters. The van der Waals surface area contributed by atoms with Gasteiger partial charge < -0.3 is 9.73 Å². The molecule has 3 aromatic rings. The van der Waals surface area contributed by atoms with Crippen molar-refractivity contribution in [2.45, 2.75) is 46.1 Å². The fraction of sp³-hybridized carbons (Fsp3) is 0.368. The van der Waals surface area contributed by atoms with Crippen molar-refractivity contribution in [1.82, 2.24) is 20.5 Å². The molecule has 3 aromatic heterocycles. The number of pyridine rings is 1. The van der Waals surface area contributed by atoms with Gasteiger partial charge in [0, 0.05) is 17.5 Å². The van der Waals surface area contributed by atoms with E-state index in [4.69, 9.17) is 4.42 Å². The summed E-state index contributed by atoms with van der Waals surface area (Å²) >= 11 is 0. The zero-order valence-corrected chi connectivity index (χ0v) is 15.1. The maximum Gasteiger partial charge on any atom is 0.349 e. The molecule has 0 aliphatic rings. The molecule has 1 amide bonds. The molecule has 2 N–H and O–H groups in total. The van der Waals surface area contributed by atoms with Crippen molar-refractivity contribution in [2.75, 3.05) is 0 Å². The van der Waals surface area contributed by atoms with Gasteiger partial charge in [-0.1, -0.05) is 20.3 Å². The predicted molar refractivity (Wildman–Crippen MR) is 98.1 cm³/mol. The molecule has 26 heavy (non-hydrogen) atoms. The highest BCUT2D eigenvalue weighted by Crippen LogP contribution is 2.21. The van der Waals surface area contributed by atoms with Crippen LogP contribution in [0.3, 0.4) is 0 Å². The highest BCUT2D eigenvalue weighted by Gasteiger charge is 2.19. The van der Waals surface area contributed by atoms with Crippen LogP contribution in [0.5, 0.6) is 0 Å². The van der Waals surface area contributed by atoms with Crippen LogP contribution in [-0.2, 0) is 6.54 Å². The average molecular weight is 354 g/mol. The number of rotatable bonds is 6. The fourth-order valence-corrected chi connectivity index (χ4v) is 3.02. The molecular weight excluding hydrogens is 332 g/mol. The molecule has 7 nitrogen and oxygen atoms in total. The van der Waals surface area contributed by atoms with Crippen LogP contribution < -0.4 is 10.9 Å². The lowest BCUT2D eigenvalue weighted by Crippen LogP contribution is -2.29. The smallest absolute Gasteiger partial charge is 0.349 e. The number of amides is 1. The van der Waals surface area contributed by atoms with Crippen molar-refractivity contribution in [3.63, 3.8) is 0 Å². The second-order valence-electron chi connectivity index (χ2n) is 6.44. The van der Waals surface area contributed by atoms with E-state index in [0.717, 1.165) is 23.9 Å². The first-order valence-electron chi connectivity index (χ1n) is 8.72. The summed E-state index contributed by atoms with van der Waals surface area (Å²) < 4.78 is 5.39. The van der Waals surface area contributed by atoms with Crippen molar-refractivity contribution in [3.8, 4) is 0 Å². The third-order valence-electron chi connectivity index (χ3n) is 4.44. The van der Waals surface area contributed by atoms with E-state index in [-0.39, 0.29) is 18.0 Å². The Balaban J connectivity index is 1.78. The first kappa shape index (κ1) is 17.8. The highest BCUT2D eigenvalue weighted by atomic mass is 16.4. The van der Waals surface area contributed by atoms with E-state index in [1.54, 1.807) is 25.3 Å². The number of fused-ring (bicyclic) bond motifs is 1. The number of nitrogens with zero attached hydrogens (tertiary/aromatic N) is 2. The zero-order chi connectivity index (χ0) is 18.7.